The average Bonchev–Trinajstić information content (AvgIpc) is 3.11. The molecule has 1 N–H and O–H groups in total. The molecule has 2 fully saturated rings. The first kappa shape index (κ1) is 18.5. The van der Waals surface area contributed by atoms with E-state index < -0.39 is 12.5 Å². The predicted octanol–water partition coefficient (Wildman–Crippen LogP) is 4.06. The molecular formula is C18H24F4N2O. The lowest BCUT2D eigenvalue weighted by atomic mass is 9.89. The summed E-state index contributed by atoms with van der Waals surface area (Å²) in [5, 5.41) is 3.34. The smallest absolute Gasteiger partial charge is 0.428 e. The topological polar surface area (TPSA) is 24.5 Å². The van der Waals surface area contributed by atoms with E-state index >= 15 is 0 Å². The van der Waals surface area contributed by atoms with Crippen molar-refractivity contribution in [3.63, 3.8) is 0 Å². The van der Waals surface area contributed by atoms with Gasteiger partial charge in [0.15, 0.2) is 0 Å². The summed E-state index contributed by atoms with van der Waals surface area (Å²) in [6.45, 7) is 3.77. The lowest BCUT2D eigenvalue weighted by Gasteiger charge is -2.38. The van der Waals surface area contributed by atoms with Crippen LogP contribution in [0.15, 0.2) is 24.3 Å². The second-order valence-corrected chi connectivity index (χ2v) is 6.81. The van der Waals surface area contributed by atoms with Gasteiger partial charge in [-0.05, 0) is 36.5 Å². The van der Waals surface area contributed by atoms with Gasteiger partial charge in [0.1, 0.15) is 5.75 Å². The Morgan fingerprint density at radius 1 is 1.04 bits per heavy atom. The SMILES string of the molecule is FC(F)C(F)(F)Oc1ccc([C@@H](C2CCCC2)N2CCNCC2)cc1. The normalized spacial score (nSPS) is 21.6. The maximum atomic E-state index is 13.0. The van der Waals surface area contributed by atoms with Crippen molar-refractivity contribution in [1.82, 2.24) is 10.2 Å². The highest BCUT2D eigenvalue weighted by Gasteiger charge is 2.44. The molecule has 1 aliphatic carbocycles. The van der Waals surface area contributed by atoms with E-state index in [4.69, 9.17) is 0 Å². The third-order valence-electron chi connectivity index (χ3n) is 5.12. The zero-order chi connectivity index (χ0) is 17.9. The largest absolute Gasteiger partial charge is 0.461 e. The lowest BCUT2D eigenvalue weighted by Crippen LogP contribution is -2.46. The maximum Gasteiger partial charge on any atom is 0.461 e. The third-order valence-corrected chi connectivity index (χ3v) is 5.12. The zero-order valence-corrected chi connectivity index (χ0v) is 14.1. The predicted molar refractivity (Wildman–Crippen MR) is 87.2 cm³/mol. The van der Waals surface area contributed by atoms with Crippen LogP contribution in [0, 0.1) is 5.92 Å². The Morgan fingerprint density at radius 3 is 2.20 bits per heavy atom. The molecule has 0 amide bonds. The summed E-state index contributed by atoms with van der Waals surface area (Å²) >= 11 is 0. The van der Waals surface area contributed by atoms with Crippen molar-refractivity contribution in [1.29, 1.82) is 0 Å². The van der Waals surface area contributed by atoms with E-state index in [0.717, 1.165) is 44.6 Å². The van der Waals surface area contributed by atoms with Crippen molar-refractivity contribution in [3.05, 3.63) is 29.8 Å². The molecule has 0 bridgehead atoms. The van der Waals surface area contributed by atoms with Crippen LogP contribution >= 0.6 is 0 Å². The van der Waals surface area contributed by atoms with Gasteiger partial charge in [0, 0.05) is 32.2 Å². The molecule has 7 heteroatoms. The maximum absolute atomic E-state index is 13.0. The molecule has 1 aromatic rings. The number of hydrogen-bond acceptors (Lipinski definition) is 3. The summed E-state index contributed by atoms with van der Waals surface area (Å²) < 4.78 is 54.8. The molecule has 1 aromatic carbocycles. The second kappa shape index (κ2) is 7.91. The van der Waals surface area contributed by atoms with Crippen molar-refractivity contribution >= 4 is 0 Å². The van der Waals surface area contributed by atoms with Crippen molar-refractivity contribution in [3.8, 4) is 5.75 Å². The third kappa shape index (κ3) is 4.44. The Bertz CT molecular complexity index is 541. The molecule has 1 saturated heterocycles. The van der Waals surface area contributed by atoms with Gasteiger partial charge in [0.25, 0.3) is 0 Å². The molecule has 3 rings (SSSR count). The van der Waals surface area contributed by atoms with Crippen LogP contribution in [0.2, 0.25) is 0 Å². The number of nitrogens with zero attached hydrogens (tertiary/aromatic N) is 1. The second-order valence-electron chi connectivity index (χ2n) is 6.81. The highest BCUT2D eigenvalue weighted by Crippen LogP contribution is 2.40. The Hall–Kier alpha value is -1.34. The number of ether oxygens (including phenoxy) is 1. The van der Waals surface area contributed by atoms with Crippen LogP contribution in [0.4, 0.5) is 17.6 Å². The molecule has 0 spiro atoms. The number of alkyl halides is 4. The molecule has 3 nitrogen and oxygen atoms in total. The lowest BCUT2D eigenvalue weighted by molar-refractivity contribution is -0.253. The van der Waals surface area contributed by atoms with Gasteiger partial charge in [0.2, 0.25) is 0 Å². The molecule has 0 unspecified atom stereocenters. The van der Waals surface area contributed by atoms with Gasteiger partial charge >= 0.3 is 12.5 Å². The zero-order valence-electron chi connectivity index (χ0n) is 14.1. The summed E-state index contributed by atoms with van der Waals surface area (Å²) in [4.78, 5) is 2.44. The van der Waals surface area contributed by atoms with Crippen LogP contribution in [0.3, 0.4) is 0 Å². The van der Waals surface area contributed by atoms with E-state index in [1.165, 1.54) is 25.0 Å². The van der Waals surface area contributed by atoms with E-state index in [2.05, 4.69) is 15.0 Å². The Kier molecular flexibility index (Phi) is 5.84. The fourth-order valence-electron chi connectivity index (χ4n) is 3.95. The summed E-state index contributed by atoms with van der Waals surface area (Å²) in [5.41, 5.74) is 1.04. The molecule has 2 aliphatic rings. The van der Waals surface area contributed by atoms with E-state index in [9.17, 15) is 17.6 Å². The quantitative estimate of drug-likeness (QED) is 0.775. The van der Waals surface area contributed by atoms with Crippen molar-refractivity contribution < 1.29 is 22.3 Å². The Labute approximate surface area is 145 Å². The van der Waals surface area contributed by atoms with Gasteiger partial charge < -0.3 is 10.1 Å². The van der Waals surface area contributed by atoms with Crippen molar-refractivity contribution in [2.45, 2.75) is 44.3 Å². The molecule has 1 atom stereocenters. The first-order valence-electron chi connectivity index (χ1n) is 8.87. The molecular weight excluding hydrogens is 336 g/mol. The summed E-state index contributed by atoms with van der Waals surface area (Å²) in [5.74, 6) is 0.312. The van der Waals surface area contributed by atoms with Crippen LogP contribution in [0.25, 0.3) is 0 Å². The van der Waals surface area contributed by atoms with Crippen LogP contribution in [0.1, 0.15) is 37.3 Å². The summed E-state index contributed by atoms with van der Waals surface area (Å²) in [6.07, 6.45) is -3.55. The summed E-state index contributed by atoms with van der Waals surface area (Å²) in [6, 6.07) is 6.46. The molecule has 25 heavy (non-hydrogen) atoms. The van der Waals surface area contributed by atoms with Gasteiger partial charge in [-0.25, -0.2) is 0 Å². The van der Waals surface area contributed by atoms with Crippen LogP contribution in [-0.2, 0) is 0 Å². The molecule has 0 radical (unpaired) electrons. The number of nitrogens with one attached hydrogen (secondary N) is 1. The monoisotopic (exact) mass is 360 g/mol. The Morgan fingerprint density at radius 2 is 1.64 bits per heavy atom. The minimum Gasteiger partial charge on any atom is -0.428 e. The molecule has 0 aromatic heterocycles. The molecule has 1 aliphatic heterocycles. The first-order valence-corrected chi connectivity index (χ1v) is 8.87. The molecule has 1 heterocycles. The number of piperazine rings is 1. The Balaban J connectivity index is 1.76. The number of hydrogen-bond donors (Lipinski definition) is 1. The average molecular weight is 360 g/mol. The van der Waals surface area contributed by atoms with Gasteiger partial charge in [-0.1, -0.05) is 25.0 Å². The minimum absolute atomic E-state index is 0.237. The van der Waals surface area contributed by atoms with E-state index in [1.54, 1.807) is 12.1 Å². The standard InChI is InChI=1S/C18H24F4N2O/c19-17(20)18(21,22)25-15-7-5-14(6-8-15)16(13-3-1-2-4-13)24-11-9-23-10-12-24/h5-8,13,16-17,23H,1-4,9-12H2/t16-/m1/s1. The van der Waals surface area contributed by atoms with Gasteiger partial charge in [-0.15, -0.1) is 0 Å². The fraction of sp³-hybridized carbons (Fsp3) is 0.667. The molecule has 1 saturated carbocycles. The van der Waals surface area contributed by atoms with Gasteiger partial charge in [0.05, 0.1) is 0 Å². The molecule has 140 valence electrons. The van der Waals surface area contributed by atoms with Crippen molar-refractivity contribution in [2.24, 2.45) is 5.92 Å². The van der Waals surface area contributed by atoms with Crippen LogP contribution < -0.4 is 10.1 Å². The number of halogens is 4. The summed E-state index contributed by atoms with van der Waals surface area (Å²) in [7, 11) is 0. The highest BCUT2D eigenvalue weighted by molar-refractivity contribution is 5.30. The van der Waals surface area contributed by atoms with E-state index in [-0.39, 0.29) is 11.8 Å². The number of rotatable bonds is 6. The number of benzene rings is 1. The fourth-order valence-corrected chi connectivity index (χ4v) is 3.95. The minimum atomic E-state index is -4.47. The van der Waals surface area contributed by atoms with E-state index in [0.29, 0.717) is 5.92 Å². The first-order chi connectivity index (χ1) is 12.0. The highest BCUT2D eigenvalue weighted by atomic mass is 19.3. The van der Waals surface area contributed by atoms with Gasteiger partial charge in [-0.3, -0.25) is 4.90 Å². The van der Waals surface area contributed by atoms with Crippen molar-refractivity contribution in [2.75, 3.05) is 26.2 Å². The van der Waals surface area contributed by atoms with Crippen LogP contribution in [-0.4, -0.2) is 43.6 Å². The van der Waals surface area contributed by atoms with Crippen LogP contribution in [0.5, 0.6) is 5.75 Å². The van der Waals surface area contributed by atoms with E-state index in [1.807, 2.05) is 0 Å². The van der Waals surface area contributed by atoms with Gasteiger partial charge in [-0.2, -0.15) is 17.6 Å².